The number of hydrogen-bond acceptors (Lipinski definition) is 3. The smallest absolute Gasteiger partial charge is 0.144 e. The first kappa shape index (κ1) is 12.3. The number of benzene rings is 1. The van der Waals surface area contributed by atoms with Crippen molar-refractivity contribution < 1.29 is 0 Å². The molecule has 0 aliphatic carbocycles. The molecule has 0 saturated heterocycles. The Kier molecular flexibility index (Phi) is 4.06. The van der Waals surface area contributed by atoms with Gasteiger partial charge in [0.15, 0.2) is 0 Å². The molecule has 1 heterocycles. The molecule has 3 heteroatoms. The SMILES string of the molecule is Cc1ccc(CNCc2cccnc2C#N)cc1. The zero-order valence-electron chi connectivity index (χ0n) is 10.4. The summed E-state index contributed by atoms with van der Waals surface area (Å²) in [6.45, 7) is 3.52. The van der Waals surface area contributed by atoms with Gasteiger partial charge < -0.3 is 5.32 Å². The minimum absolute atomic E-state index is 0.494. The van der Waals surface area contributed by atoms with Gasteiger partial charge in [0.2, 0.25) is 0 Å². The minimum Gasteiger partial charge on any atom is -0.309 e. The maximum atomic E-state index is 8.93. The lowest BCUT2D eigenvalue weighted by atomic mass is 10.1. The monoisotopic (exact) mass is 237 g/mol. The first-order valence-electron chi connectivity index (χ1n) is 5.90. The Morgan fingerprint density at radius 2 is 1.94 bits per heavy atom. The van der Waals surface area contributed by atoms with Gasteiger partial charge >= 0.3 is 0 Å². The molecule has 0 spiro atoms. The summed E-state index contributed by atoms with van der Waals surface area (Å²) in [4.78, 5) is 4.03. The fourth-order valence-electron chi connectivity index (χ4n) is 1.73. The predicted molar refractivity (Wildman–Crippen MR) is 70.7 cm³/mol. The Labute approximate surface area is 107 Å². The van der Waals surface area contributed by atoms with E-state index >= 15 is 0 Å². The second-order valence-electron chi connectivity index (χ2n) is 4.21. The van der Waals surface area contributed by atoms with Crippen molar-refractivity contribution in [2.75, 3.05) is 0 Å². The molecule has 0 radical (unpaired) electrons. The number of pyridine rings is 1. The zero-order valence-corrected chi connectivity index (χ0v) is 10.4. The fraction of sp³-hybridized carbons (Fsp3) is 0.200. The van der Waals surface area contributed by atoms with Crippen LogP contribution in [0.3, 0.4) is 0 Å². The molecule has 1 aromatic heterocycles. The van der Waals surface area contributed by atoms with Gasteiger partial charge in [-0.1, -0.05) is 35.9 Å². The number of nitrogens with zero attached hydrogens (tertiary/aromatic N) is 2. The summed E-state index contributed by atoms with van der Waals surface area (Å²) in [5.74, 6) is 0. The van der Waals surface area contributed by atoms with Crippen molar-refractivity contribution in [2.24, 2.45) is 0 Å². The number of hydrogen-bond donors (Lipinski definition) is 1. The standard InChI is InChI=1S/C15H15N3/c1-12-4-6-13(7-5-12)10-17-11-14-3-2-8-18-15(14)9-16/h2-8,17H,10-11H2,1H3. The number of rotatable bonds is 4. The first-order valence-corrected chi connectivity index (χ1v) is 5.90. The summed E-state index contributed by atoms with van der Waals surface area (Å²) >= 11 is 0. The number of aromatic nitrogens is 1. The lowest BCUT2D eigenvalue weighted by Gasteiger charge is -2.06. The zero-order chi connectivity index (χ0) is 12.8. The highest BCUT2D eigenvalue weighted by Crippen LogP contribution is 2.05. The predicted octanol–water partition coefficient (Wildman–Crippen LogP) is 2.55. The minimum atomic E-state index is 0.494. The van der Waals surface area contributed by atoms with Crippen LogP contribution in [0.25, 0.3) is 0 Å². The Bertz CT molecular complexity index is 553. The van der Waals surface area contributed by atoms with Gasteiger partial charge in [-0.05, 0) is 18.6 Å². The van der Waals surface area contributed by atoms with Gasteiger partial charge in [-0.3, -0.25) is 0 Å². The van der Waals surface area contributed by atoms with Crippen LogP contribution in [0, 0.1) is 18.3 Å². The normalized spacial score (nSPS) is 10.0. The molecule has 3 nitrogen and oxygen atoms in total. The van der Waals surface area contributed by atoms with Crippen LogP contribution in [-0.4, -0.2) is 4.98 Å². The Morgan fingerprint density at radius 1 is 1.17 bits per heavy atom. The molecule has 1 N–H and O–H groups in total. The van der Waals surface area contributed by atoms with Gasteiger partial charge in [-0.15, -0.1) is 0 Å². The Hall–Kier alpha value is -2.18. The van der Waals surface area contributed by atoms with E-state index in [1.807, 2.05) is 12.1 Å². The van der Waals surface area contributed by atoms with Crippen molar-refractivity contribution in [3.8, 4) is 6.07 Å². The molecule has 0 unspecified atom stereocenters. The maximum absolute atomic E-state index is 8.93. The van der Waals surface area contributed by atoms with Crippen molar-refractivity contribution in [1.29, 1.82) is 5.26 Å². The van der Waals surface area contributed by atoms with Crippen LogP contribution in [0.2, 0.25) is 0 Å². The second kappa shape index (κ2) is 5.95. The van der Waals surface area contributed by atoms with E-state index in [9.17, 15) is 0 Å². The van der Waals surface area contributed by atoms with Gasteiger partial charge in [-0.2, -0.15) is 5.26 Å². The molecular formula is C15H15N3. The molecule has 0 aliphatic heterocycles. The van der Waals surface area contributed by atoms with Crippen molar-refractivity contribution >= 4 is 0 Å². The molecular weight excluding hydrogens is 222 g/mol. The maximum Gasteiger partial charge on any atom is 0.144 e. The summed E-state index contributed by atoms with van der Waals surface area (Å²) in [6, 6.07) is 14.3. The van der Waals surface area contributed by atoms with Crippen LogP contribution < -0.4 is 5.32 Å². The summed E-state index contributed by atoms with van der Waals surface area (Å²) in [5, 5.41) is 12.2. The highest BCUT2D eigenvalue weighted by Gasteiger charge is 2.01. The third-order valence-corrected chi connectivity index (χ3v) is 2.76. The topological polar surface area (TPSA) is 48.7 Å². The van der Waals surface area contributed by atoms with E-state index in [0.29, 0.717) is 12.2 Å². The molecule has 2 rings (SSSR count). The summed E-state index contributed by atoms with van der Waals surface area (Å²) < 4.78 is 0. The molecule has 0 bridgehead atoms. The summed E-state index contributed by atoms with van der Waals surface area (Å²) in [7, 11) is 0. The van der Waals surface area contributed by atoms with Gasteiger partial charge in [0, 0.05) is 24.8 Å². The summed E-state index contributed by atoms with van der Waals surface area (Å²) in [5.41, 5.74) is 3.93. The average Bonchev–Trinajstić information content (AvgIpc) is 2.41. The van der Waals surface area contributed by atoms with Crippen molar-refractivity contribution in [3.05, 3.63) is 65.0 Å². The molecule has 1 aromatic carbocycles. The first-order chi connectivity index (χ1) is 8.79. The van der Waals surface area contributed by atoms with Gasteiger partial charge in [0.1, 0.15) is 11.8 Å². The lowest BCUT2D eigenvalue weighted by Crippen LogP contribution is -2.13. The van der Waals surface area contributed by atoms with E-state index in [1.54, 1.807) is 6.20 Å². The van der Waals surface area contributed by atoms with Gasteiger partial charge in [0.25, 0.3) is 0 Å². The number of nitrogens with one attached hydrogen (secondary N) is 1. The second-order valence-corrected chi connectivity index (χ2v) is 4.21. The van der Waals surface area contributed by atoms with E-state index in [2.05, 4.69) is 47.6 Å². The van der Waals surface area contributed by atoms with E-state index in [1.165, 1.54) is 11.1 Å². The highest BCUT2D eigenvalue weighted by molar-refractivity contribution is 5.30. The van der Waals surface area contributed by atoms with Crippen LogP contribution in [0.1, 0.15) is 22.4 Å². The van der Waals surface area contributed by atoms with Crippen LogP contribution in [0.4, 0.5) is 0 Å². The van der Waals surface area contributed by atoms with E-state index in [4.69, 9.17) is 5.26 Å². The van der Waals surface area contributed by atoms with Gasteiger partial charge in [-0.25, -0.2) is 4.98 Å². The molecule has 90 valence electrons. The Morgan fingerprint density at radius 3 is 2.67 bits per heavy atom. The molecule has 0 amide bonds. The fourth-order valence-corrected chi connectivity index (χ4v) is 1.73. The lowest BCUT2D eigenvalue weighted by molar-refractivity contribution is 0.690. The molecule has 0 aliphatic rings. The van der Waals surface area contributed by atoms with Crippen molar-refractivity contribution in [2.45, 2.75) is 20.0 Å². The van der Waals surface area contributed by atoms with Crippen molar-refractivity contribution in [3.63, 3.8) is 0 Å². The molecule has 2 aromatic rings. The van der Waals surface area contributed by atoms with Gasteiger partial charge in [0.05, 0.1) is 0 Å². The molecule has 18 heavy (non-hydrogen) atoms. The quantitative estimate of drug-likeness (QED) is 0.889. The molecule has 0 atom stereocenters. The average molecular weight is 237 g/mol. The summed E-state index contributed by atoms with van der Waals surface area (Å²) in [6.07, 6.45) is 1.64. The molecule has 0 fully saturated rings. The van der Waals surface area contributed by atoms with Crippen LogP contribution in [-0.2, 0) is 13.1 Å². The van der Waals surface area contributed by atoms with Crippen LogP contribution in [0.15, 0.2) is 42.6 Å². The number of nitriles is 1. The third-order valence-electron chi connectivity index (χ3n) is 2.76. The van der Waals surface area contributed by atoms with Crippen LogP contribution in [0.5, 0.6) is 0 Å². The van der Waals surface area contributed by atoms with E-state index < -0.39 is 0 Å². The van der Waals surface area contributed by atoms with Crippen molar-refractivity contribution in [1.82, 2.24) is 10.3 Å². The Balaban J connectivity index is 1.93. The van der Waals surface area contributed by atoms with E-state index in [0.717, 1.165) is 12.1 Å². The molecule has 0 saturated carbocycles. The third kappa shape index (κ3) is 3.16. The van der Waals surface area contributed by atoms with E-state index in [-0.39, 0.29) is 0 Å². The van der Waals surface area contributed by atoms with Crippen LogP contribution >= 0.6 is 0 Å². The highest BCUT2D eigenvalue weighted by atomic mass is 14.9. The largest absolute Gasteiger partial charge is 0.309 e. The number of aryl methyl sites for hydroxylation is 1.